The van der Waals surface area contributed by atoms with Gasteiger partial charge >= 0.3 is 6.09 Å². The summed E-state index contributed by atoms with van der Waals surface area (Å²) in [6, 6.07) is 7.78. The Morgan fingerprint density at radius 1 is 1.30 bits per heavy atom. The summed E-state index contributed by atoms with van der Waals surface area (Å²) >= 11 is 8.23. The molecule has 0 unspecified atom stereocenters. The Morgan fingerprint density at radius 3 is 2.93 bits per heavy atom. The van der Waals surface area contributed by atoms with E-state index in [1.807, 2.05) is 38.1 Å². The van der Waals surface area contributed by atoms with Crippen LogP contribution in [0.4, 0.5) is 4.79 Å². The van der Waals surface area contributed by atoms with Gasteiger partial charge in [-0.05, 0) is 31.9 Å². The molecule has 7 nitrogen and oxygen atoms in total. The molecule has 5 rings (SSSR count). The van der Waals surface area contributed by atoms with E-state index in [4.69, 9.17) is 21.3 Å². The monoisotopic (exact) mass is 441 g/mol. The number of aliphatic imine (C=N–C) groups is 1. The van der Waals surface area contributed by atoms with Gasteiger partial charge in [-0.3, -0.25) is 9.56 Å². The van der Waals surface area contributed by atoms with Crippen molar-refractivity contribution in [1.29, 1.82) is 0 Å². The van der Waals surface area contributed by atoms with Gasteiger partial charge in [0.25, 0.3) is 0 Å². The first-order valence-electron chi connectivity index (χ1n) is 9.85. The van der Waals surface area contributed by atoms with Crippen LogP contribution in [0.2, 0.25) is 5.02 Å². The maximum Gasteiger partial charge on any atom is 0.410 e. The van der Waals surface area contributed by atoms with Gasteiger partial charge in [-0.25, -0.2) is 4.79 Å². The van der Waals surface area contributed by atoms with Crippen molar-refractivity contribution in [3.8, 4) is 5.00 Å². The highest BCUT2D eigenvalue weighted by Crippen LogP contribution is 2.40. The van der Waals surface area contributed by atoms with Crippen molar-refractivity contribution in [1.82, 2.24) is 19.7 Å². The number of ether oxygens (including phenoxy) is 1. The average molecular weight is 442 g/mol. The summed E-state index contributed by atoms with van der Waals surface area (Å²) < 4.78 is 7.30. The lowest BCUT2D eigenvalue weighted by Gasteiger charge is -2.26. The molecule has 1 aromatic carbocycles. The Morgan fingerprint density at radius 2 is 2.13 bits per heavy atom. The lowest BCUT2D eigenvalue weighted by atomic mass is 9.95. The zero-order valence-corrected chi connectivity index (χ0v) is 18.3. The predicted molar refractivity (Wildman–Crippen MR) is 116 cm³/mol. The van der Waals surface area contributed by atoms with E-state index in [9.17, 15) is 4.79 Å². The number of carbonyl (C=O) groups excluding carboxylic acids is 1. The largest absolute Gasteiger partial charge is 0.450 e. The summed E-state index contributed by atoms with van der Waals surface area (Å²) in [6.45, 7) is 5.72. The molecule has 1 amide bonds. The Kier molecular flexibility index (Phi) is 4.83. The molecule has 154 valence electrons. The Hall–Kier alpha value is -2.71. The van der Waals surface area contributed by atoms with Crippen molar-refractivity contribution in [2.45, 2.75) is 33.4 Å². The number of aromatic nitrogens is 3. The smallest absolute Gasteiger partial charge is 0.410 e. The fourth-order valence-corrected chi connectivity index (χ4v) is 5.69. The highest BCUT2D eigenvalue weighted by molar-refractivity contribution is 7.15. The minimum absolute atomic E-state index is 0.270. The van der Waals surface area contributed by atoms with Crippen LogP contribution in [0, 0.1) is 6.92 Å². The van der Waals surface area contributed by atoms with Crippen LogP contribution >= 0.6 is 22.9 Å². The highest BCUT2D eigenvalue weighted by Gasteiger charge is 2.33. The molecule has 0 bridgehead atoms. The normalized spacial score (nSPS) is 15.0. The van der Waals surface area contributed by atoms with E-state index >= 15 is 0 Å². The number of halogens is 1. The Labute approximate surface area is 183 Å². The maximum absolute atomic E-state index is 12.3. The van der Waals surface area contributed by atoms with Crippen molar-refractivity contribution in [3.05, 3.63) is 62.5 Å². The topological polar surface area (TPSA) is 72.6 Å². The standard InChI is InChI=1S/C21H20ClN5O2S/c1-3-29-21(28)26-9-8-14-16(11-26)30-20-18(14)19(13-6-4-5-7-15(13)22)23-10-17-25-24-12(2)27(17)20/h4-7H,3,8-11H2,1-2H3. The van der Waals surface area contributed by atoms with Crippen LogP contribution < -0.4 is 0 Å². The summed E-state index contributed by atoms with van der Waals surface area (Å²) in [7, 11) is 0. The highest BCUT2D eigenvalue weighted by atomic mass is 35.5. The molecule has 9 heteroatoms. The van der Waals surface area contributed by atoms with Crippen LogP contribution in [0.15, 0.2) is 29.3 Å². The molecule has 0 fully saturated rings. The predicted octanol–water partition coefficient (Wildman–Crippen LogP) is 4.16. The number of amides is 1. The molecule has 0 radical (unpaired) electrons. The van der Waals surface area contributed by atoms with Gasteiger partial charge in [0.1, 0.15) is 17.4 Å². The van der Waals surface area contributed by atoms with E-state index < -0.39 is 0 Å². The third kappa shape index (κ3) is 3.02. The number of hydrogen-bond donors (Lipinski definition) is 0. The molecule has 0 atom stereocenters. The molecule has 4 heterocycles. The van der Waals surface area contributed by atoms with Crippen molar-refractivity contribution in [2.75, 3.05) is 13.2 Å². The van der Waals surface area contributed by atoms with Crippen LogP contribution in [-0.4, -0.2) is 44.6 Å². The first-order valence-corrected chi connectivity index (χ1v) is 11.0. The molecule has 2 aromatic heterocycles. The zero-order chi connectivity index (χ0) is 20.8. The van der Waals surface area contributed by atoms with E-state index in [-0.39, 0.29) is 6.09 Å². The second kappa shape index (κ2) is 7.52. The molecule has 0 spiro atoms. The van der Waals surface area contributed by atoms with Crippen LogP contribution in [0.3, 0.4) is 0 Å². The number of thiophene rings is 1. The molecular weight excluding hydrogens is 422 g/mol. The van der Waals surface area contributed by atoms with Gasteiger partial charge in [0, 0.05) is 27.6 Å². The van der Waals surface area contributed by atoms with Crippen molar-refractivity contribution < 1.29 is 9.53 Å². The average Bonchev–Trinajstić information content (AvgIpc) is 3.24. The molecule has 3 aromatic rings. The number of benzene rings is 1. The second-order valence-corrected chi connectivity index (χ2v) is 8.69. The van der Waals surface area contributed by atoms with E-state index in [1.54, 1.807) is 16.2 Å². The summed E-state index contributed by atoms with van der Waals surface area (Å²) in [4.78, 5) is 20.1. The van der Waals surface area contributed by atoms with Gasteiger partial charge in [-0.1, -0.05) is 29.8 Å². The SMILES string of the molecule is CCOC(=O)N1CCc2c(sc3c2C(c2ccccc2Cl)=NCc2nnc(C)n2-3)C1. The Bertz CT molecular complexity index is 1180. The molecule has 0 saturated heterocycles. The molecule has 2 aliphatic heterocycles. The molecule has 0 N–H and O–H groups in total. The number of aryl methyl sites for hydroxylation is 1. The first-order chi connectivity index (χ1) is 14.6. The number of carbonyl (C=O) groups is 1. The summed E-state index contributed by atoms with van der Waals surface area (Å²) in [5.74, 6) is 1.62. The zero-order valence-electron chi connectivity index (χ0n) is 16.7. The third-order valence-corrected chi connectivity index (χ3v) is 6.94. The van der Waals surface area contributed by atoms with Crippen LogP contribution in [0.1, 0.15) is 40.1 Å². The summed E-state index contributed by atoms with van der Waals surface area (Å²) in [6.07, 6.45) is 0.466. The maximum atomic E-state index is 12.3. The molecular formula is C21H20ClN5O2S. The molecule has 2 aliphatic rings. The first kappa shape index (κ1) is 19.3. The molecule has 0 aliphatic carbocycles. The molecule has 30 heavy (non-hydrogen) atoms. The summed E-state index contributed by atoms with van der Waals surface area (Å²) in [5, 5.41) is 10.3. The quantitative estimate of drug-likeness (QED) is 0.598. The van der Waals surface area contributed by atoms with Crippen molar-refractivity contribution >= 4 is 34.7 Å². The van der Waals surface area contributed by atoms with E-state index in [1.165, 1.54) is 5.56 Å². The van der Waals surface area contributed by atoms with Crippen LogP contribution in [-0.2, 0) is 24.2 Å². The number of nitrogens with zero attached hydrogens (tertiary/aromatic N) is 5. The molecule has 0 saturated carbocycles. The van der Waals surface area contributed by atoms with E-state index in [2.05, 4.69) is 14.8 Å². The number of fused-ring (bicyclic) bond motifs is 5. The van der Waals surface area contributed by atoms with Crippen LogP contribution in [0.5, 0.6) is 0 Å². The lowest BCUT2D eigenvalue weighted by molar-refractivity contribution is 0.103. The minimum Gasteiger partial charge on any atom is -0.450 e. The van der Waals surface area contributed by atoms with Gasteiger partial charge in [-0.15, -0.1) is 21.5 Å². The summed E-state index contributed by atoms with van der Waals surface area (Å²) in [5.41, 5.74) is 4.08. The van der Waals surface area contributed by atoms with Gasteiger partial charge in [0.15, 0.2) is 5.82 Å². The minimum atomic E-state index is -0.270. The second-order valence-electron chi connectivity index (χ2n) is 7.20. The van der Waals surface area contributed by atoms with Crippen molar-refractivity contribution in [3.63, 3.8) is 0 Å². The fraction of sp³-hybridized carbons (Fsp3) is 0.333. The fourth-order valence-electron chi connectivity index (χ4n) is 4.04. The van der Waals surface area contributed by atoms with E-state index in [0.717, 1.165) is 44.8 Å². The number of rotatable bonds is 2. The lowest BCUT2D eigenvalue weighted by Crippen LogP contribution is -2.36. The van der Waals surface area contributed by atoms with Gasteiger partial charge in [0.2, 0.25) is 0 Å². The Balaban J connectivity index is 1.68. The van der Waals surface area contributed by atoms with E-state index in [0.29, 0.717) is 31.3 Å². The van der Waals surface area contributed by atoms with Gasteiger partial charge < -0.3 is 9.64 Å². The third-order valence-electron chi connectivity index (χ3n) is 5.40. The van der Waals surface area contributed by atoms with Gasteiger partial charge in [-0.2, -0.15) is 0 Å². The van der Waals surface area contributed by atoms with Crippen molar-refractivity contribution in [2.24, 2.45) is 4.99 Å². The van der Waals surface area contributed by atoms with Gasteiger partial charge in [0.05, 0.1) is 18.9 Å². The number of hydrogen-bond acceptors (Lipinski definition) is 6. The van der Waals surface area contributed by atoms with Crippen LogP contribution in [0.25, 0.3) is 5.00 Å².